The van der Waals surface area contributed by atoms with Gasteiger partial charge < -0.3 is 10.2 Å². The minimum atomic E-state index is -0.0196. The van der Waals surface area contributed by atoms with Gasteiger partial charge in [-0.05, 0) is 18.9 Å². The maximum Gasteiger partial charge on any atom is 0.237 e. The normalized spacial score (nSPS) is 25.2. The average molecular weight is 301 g/mol. The quantitative estimate of drug-likeness (QED) is 0.903. The van der Waals surface area contributed by atoms with Gasteiger partial charge in [0.1, 0.15) is 0 Å². The summed E-state index contributed by atoms with van der Waals surface area (Å²) < 4.78 is 0. The largest absolute Gasteiger partial charge is 0.352 e. The standard InChI is InChI=1S/C17H23N3O2/c1-12-3-5-14(6-4-12)8-19-10-16-7-15(18-13(2)21)9-20(16)17(22)11-19/h3-6,15-16H,7-11H2,1-2H3,(H,18,21)/t15-,16-/m0/s1. The highest BCUT2D eigenvalue weighted by Gasteiger charge is 2.40. The molecule has 2 atom stereocenters. The number of piperazine rings is 1. The van der Waals surface area contributed by atoms with Gasteiger partial charge in [-0.2, -0.15) is 0 Å². The van der Waals surface area contributed by atoms with Crippen molar-refractivity contribution in [2.45, 2.75) is 38.9 Å². The van der Waals surface area contributed by atoms with Crippen molar-refractivity contribution in [3.63, 3.8) is 0 Å². The Morgan fingerprint density at radius 3 is 2.68 bits per heavy atom. The SMILES string of the molecule is CC(=O)N[C@H]1C[C@H]2CN(Cc3ccc(C)cc3)CC(=O)N2C1. The van der Waals surface area contributed by atoms with E-state index < -0.39 is 0 Å². The molecule has 2 fully saturated rings. The molecule has 1 aromatic carbocycles. The van der Waals surface area contributed by atoms with Crippen molar-refractivity contribution < 1.29 is 9.59 Å². The molecule has 0 radical (unpaired) electrons. The van der Waals surface area contributed by atoms with Gasteiger partial charge in [-0.1, -0.05) is 29.8 Å². The Balaban J connectivity index is 1.62. The van der Waals surface area contributed by atoms with Crippen molar-refractivity contribution >= 4 is 11.8 Å². The van der Waals surface area contributed by atoms with Crippen LogP contribution in [-0.4, -0.2) is 53.3 Å². The van der Waals surface area contributed by atoms with E-state index in [1.165, 1.54) is 18.1 Å². The summed E-state index contributed by atoms with van der Waals surface area (Å²) in [6.07, 6.45) is 0.857. The molecule has 2 amide bonds. The molecule has 0 spiro atoms. The van der Waals surface area contributed by atoms with E-state index in [2.05, 4.69) is 41.4 Å². The first-order chi connectivity index (χ1) is 10.5. The van der Waals surface area contributed by atoms with Crippen LogP contribution in [0, 0.1) is 6.92 Å². The maximum absolute atomic E-state index is 12.3. The monoisotopic (exact) mass is 301 g/mol. The van der Waals surface area contributed by atoms with Crippen molar-refractivity contribution in [1.82, 2.24) is 15.1 Å². The molecule has 0 aromatic heterocycles. The van der Waals surface area contributed by atoms with Crippen LogP contribution < -0.4 is 5.32 Å². The molecule has 0 bridgehead atoms. The maximum atomic E-state index is 12.3. The summed E-state index contributed by atoms with van der Waals surface area (Å²) in [5.74, 6) is 0.157. The van der Waals surface area contributed by atoms with E-state index in [0.29, 0.717) is 13.1 Å². The van der Waals surface area contributed by atoms with Crippen LogP contribution in [-0.2, 0) is 16.1 Å². The van der Waals surface area contributed by atoms with Gasteiger partial charge >= 0.3 is 0 Å². The van der Waals surface area contributed by atoms with E-state index in [4.69, 9.17) is 0 Å². The fraction of sp³-hybridized carbons (Fsp3) is 0.529. The van der Waals surface area contributed by atoms with E-state index in [0.717, 1.165) is 19.5 Å². The number of benzene rings is 1. The highest BCUT2D eigenvalue weighted by atomic mass is 16.2. The number of hydrogen-bond donors (Lipinski definition) is 1. The van der Waals surface area contributed by atoms with Crippen LogP contribution in [0.15, 0.2) is 24.3 Å². The minimum Gasteiger partial charge on any atom is -0.352 e. The van der Waals surface area contributed by atoms with Crippen molar-refractivity contribution in [2.75, 3.05) is 19.6 Å². The first-order valence-corrected chi connectivity index (χ1v) is 7.86. The second-order valence-electron chi connectivity index (χ2n) is 6.49. The third-order valence-corrected chi connectivity index (χ3v) is 4.50. The van der Waals surface area contributed by atoms with Gasteiger partial charge in [-0.3, -0.25) is 14.5 Å². The zero-order valence-corrected chi connectivity index (χ0v) is 13.2. The van der Waals surface area contributed by atoms with Gasteiger partial charge in [0.05, 0.1) is 6.54 Å². The van der Waals surface area contributed by atoms with E-state index in [9.17, 15) is 9.59 Å². The van der Waals surface area contributed by atoms with Crippen LogP contribution in [0.2, 0.25) is 0 Å². The lowest BCUT2D eigenvalue weighted by atomic mass is 10.1. The van der Waals surface area contributed by atoms with Crippen molar-refractivity contribution in [3.05, 3.63) is 35.4 Å². The third-order valence-electron chi connectivity index (χ3n) is 4.50. The smallest absolute Gasteiger partial charge is 0.237 e. The number of fused-ring (bicyclic) bond motifs is 1. The topological polar surface area (TPSA) is 52.7 Å². The number of hydrogen-bond acceptors (Lipinski definition) is 3. The van der Waals surface area contributed by atoms with Crippen molar-refractivity contribution in [2.24, 2.45) is 0 Å². The molecule has 3 rings (SSSR count). The van der Waals surface area contributed by atoms with Crippen LogP contribution in [0.25, 0.3) is 0 Å². The number of aryl methyl sites for hydroxylation is 1. The zero-order chi connectivity index (χ0) is 15.7. The Bertz CT molecular complexity index is 570. The molecule has 0 aliphatic carbocycles. The molecule has 5 heteroatoms. The predicted molar refractivity (Wildman–Crippen MR) is 84.2 cm³/mol. The Morgan fingerprint density at radius 2 is 2.00 bits per heavy atom. The Morgan fingerprint density at radius 1 is 1.27 bits per heavy atom. The van der Waals surface area contributed by atoms with Gasteiger partial charge in [0.25, 0.3) is 0 Å². The molecular weight excluding hydrogens is 278 g/mol. The summed E-state index contributed by atoms with van der Waals surface area (Å²) >= 11 is 0. The fourth-order valence-corrected chi connectivity index (χ4v) is 3.50. The van der Waals surface area contributed by atoms with Gasteiger partial charge in [-0.25, -0.2) is 0 Å². The van der Waals surface area contributed by atoms with Crippen LogP contribution in [0.3, 0.4) is 0 Å². The van der Waals surface area contributed by atoms with E-state index in [1.807, 2.05) is 4.90 Å². The molecule has 2 saturated heterocycles. The lowest BCUT2D eigenvalue weighted by Gasteiger charge is -2.36. The number of rotatable bonds is 3. The molecule has 1 aromatic rings. The van der Waals surface area contributed by atoms with Crippen LogP contribution in [0.4, 0.5) is 0 Å². The molecule has 22 heavy (non-hydrogen) atoms. The summed E-state index contributed by atoms with van der Waals surface area (Å²) in [5.41, 5.74) is 2.49. The van der Waals surface area contributed by atoms with Gasteiger partial charge in [-0.15, -0.1) is 0 Å². The second kappa shape index (κ2) is 6.08. The molecular formula is C17H23N3O2. The molecule has 118 valence electrons. The average Bonchev–Trinajstić information content (AvgIpc) is 2.83. The highest BCUT2D eigenvalue weighted by molar-refractivity contribution is 5.80. The van der Waals surface area contributed by atoms with Crippen molar-refractivity contribution in [3.8, 4) is 0 Å². The van der Waals surface area contributed by atoms with E-state index >= 15 is 0 Å². The lowest BCUT2D eigenvalue weighted by Crippen LogP contribution is -2.53. The Hall–Kier alpha value is -1.88. The number of carbonyl (C=O) groups is 2. The minimum absolute atomic E-state index is 0.0196. The number of nitrogens with one attached hydrogen (secondary N) is 1. The Labute approximate surface area is 131 Å². The molecule has 2 heterocycles. The molecule has 1 N–H and O–H groups in total. The van der Waals surface area contributed by atoms with E-state index in [1.54, 1.807) is 0 Å². The summed E-state index contributed by atoms with van der Waals surface area (Å²) in [5, 5.41) is 2.94. The number of nitrogens with zero attached hydrogens (tertiary/aromatic N) is 2. The summed E-state index contributed by atoms with van der Waals surface area (Å²) in [6, 6.07) is 8.79. The summed E-state index contributed by atoms with van der Waals surface area (Å²) in [6.45, 7) is 6.42. The third kappa shape index (κ3) is 3.30. The first-order valence-electron chi connectivity index (χ1n) is 7.86. The summed E-state index contributed by atoms with van der Waals surface area (Å²) in [4.78, 5) is 27.7. The van der Waals surface area contributed by atoms with E-state index in [-0.39, 0.29) is 23.9 Å². The van der Waals surface area contributed by atoms with Gasteiger partial charge in [0.2, 0.25) is 11.8 Å². The van der Waals surface area contributed by atoms with Crippen molar-refractivity contribution in [1.29, 1.82) is 0 Å². The molecule has 5 nitrogen and oxygen atoms in total. The summed E-state index contributed by atoms with van der Waals surface area (Å²) in [7, 11) is 0. The number of amides is 2. The zero-order valence-electron chi connectivity index (χ0n) is 13.2. The molecule has 0 saturated carbocycles. The van der Waals surface area contributed by atoms with Gasteiger partial charge in [0, 0.05) is 38.6 Å². The highest BCUT2D eigenvalue weighted by Crippen LogP contribution is 2.24. The fourth-order valence-electron chi connectivity index (χ4n) is 3.50. The molecule has 2 aliphatic rings. The second-order valence-corrected chi connectivity index (χ2v) is 6.49. The molecule has 2 aliphatic heterocycles. The molecule has 0 unspecified atom stereocenters. The Kier molecular flexibility index (Phi) is 4.16. The predicted octanol–water partition coefficient (Wildman–Crippen LogP) is 0.916. The lowest BCUT2D eigenvalue weighted by molar-refractivity contribution is -0.138. The number of carbonyl (C=O) groups excluding carboxylic acids is 2. The van der Waals surface area contributed by atoms with Gasteiger partial charge in [0.15, 0.2) is 0 Å². The van der Waals surface area contributed by atoms with Crippen LogP contribution >= 0.6 is 0 Å². The first kappa shape index (κ1) is 15.0. The van der Waals surface area contributed by atoms with Crippen LogP contribution in [0.5, 0.6) is 0 Å². The van der Waals surface area contributed by atoms with Crippen LogP contribution in [0.1, 0.15) is 24.5 Å².